The Labute approximate surface area is 117 Å². The summed E-state index contributed by atoms with van der Waals surface area (Å²) in [5, 5.41) is 9.69. The molecule has 1 heterocycles. The van der Waals surface area contributed by atoms with Crippen LogP contribution in [-0.2, 0) is 4.79 Å². The largest absolute Gasteiger partial charge is 0.480 e. The van der Waals surface area contributed by atoms with E-state index in [1.165, 1.54) is 38.5 Å². The van der Waals surface area contributed by atoms with Gasteiger partial charge in [0.2, 0.25) is 0 Å². The maximum Gasteiger partial charge on any atom is 0.324 e. The van der Waals surface area contributed by atoms with E-state index in [9.17, 15) is 9.90 Å². The number of carboxylic acids is 1. The lowest BCUT2D eigenvalue weighted by molar-refractivity contribution is -0.151. The smallest absolute Gasteiger partial charge is 0.324 e. The molecule has 1 N–H and O–H groups in total. The van der Waals surface area contributed by atoms with Crippen molar-refractivity contribution in [3.05, 3.63) is 0 Å². The minimum Gasteiger partial charge on any atom is -0.480 e. The summed E-state index contributed by atoms with van der Waals surface area (Å²) < 4.78 is 0. The van der Waals surface area contributed by atoms with Gasteiger partial charge < -0.3 is 5.11 Å². The molecule has 1 saturated carbocycles. The molecule has 0 spiro atoms. The molecule has 0 amide bonds. The Hall–Kier alpha value is -0.570. The Morgan fingerprint density at radius 1 is 1.21 bits per heavy atom. The molecule has 2 aliphatic rings. The van der Waals surface area contributed by atoms with Gasteiger partial charge in [0, 0.05) is 6.04 Å². The standard InChI is InChI=1S/C16H29NO2/c1-3-13-7-5-8-14(10-9-13)17-12-6-11-16(17,4-2)15(18)19/h13-14H,3-12H2,1-2H3,(H,18,19). The highest BCUT2D eigenvalue weighted by atomic mass is 16.4. The fourth-order valence-corrected chi connectivity index (χ4v) is 4.27. The zero-order valence-corrected chi connectivity index (χ0v) is 12.5. The minimum atomic E-state index is -0.594. The molecular formula is C16H29NO2. The molecule has 1 aliphatic heterocycles. The van der Waals surface area contributed by atoms with Crippen molar-refractivity contribution in [2.45, 2.75) is 83.2 Å². The Morgan fingerprint density at radius 2 is 2.00 bits per heavy atom. The van der Waals surface area contributed by atoms with Crippen LogP contribution in [0.5, 0.6) is 0 Å². The average Bonchev–Trinajstić information content (AvgIpc) is 2.71. The first-order valence-corrected chi connectivity index (χ1v) is 8.14. The van der Waals surface area contributed by atoms with Gasteiger partial charge in [-0.1, -0.05) is 33.1 Å². The third-order valence-corrected chi connectivity index (χ3v) is 5.60. The van der Waals surface area contributed by atoms with Gasteiger partial charge >= 0.3 is 5.97 Å². The number of rotatable bonds is 4. The lowest BCUT2D eigenvalue weighted by Crippen LogP contribution is -2.54. The molecule has 0 aromatic rings. The van der Waals surface area contributed by atoms with Gasteiger partial charge in [-0.3, -0.25) is 9.69 Å². The maximum absolute atomic E-state index is 11.8. The van der Waals surface area contributed by atoms with Crippen LogP contribution in [0.2, 0.25) is 0 Å². The molecule has 19 heavy (non-hydrogen) atoms. The summed E-state index contributed by atoms with van der Waals surface area (Å²) in [4.78, 5) is 14.1. The summed E-state index contributed by atoms with van der Waals surface area (Å²) in [6.07, 6.45) is 10.2. The van der Waals surface area contributed by atoms with Gasteiger partial charge in [-0.05, 0) is 51.0 Å². The molecule has 3 nitrogen and oxygen atoms in total. The fourth-order valence-electron chi connectivity index (χ4n) is 4.27. The van der Waals surface area contributed by atoms with E-state index in [0.29, 0.717) is 6.04 Å². The highest BCUT2D eigenvalue weighted by Gasteiger charge is 2.48. The molecule has 1 saturated heterocycles. The molecule has 3 atom stereocenters. The van der Waals surface area contributed by atoms with Crippen LogP contribution in [0.25, 0.3) is 0 Å². The Bertz CT molecular complexity index is 318. The van der Waals surface area contributed by atoms with E-state index in [2.05, 4.69) is 11.8 Å². The number of hydrogen-bond donors (Lipinski definition) is 1. The van der Waals surface area contributed by atoms with E-state index in [1.54, 1.807) is 0 Å². The first-order chi connectivity index (χ1) is 9.14. The van der Waals surface area contributed by atoms with Gasteiger partial charge in [0.05, 0.1) is 0 Å². The third-order valence-electron chi connectivity index (χ3n) is 5.60. The van der Waals surface area contributed by atoms with Crippen LogP contribution in [0.3, 0.4) is 0 Å². The first-order valence-electron chi connectivity index (χ1n) is 8.14. The van der Waals surface area contributed by atoms with Gasteiger partial charge in [-0.15, -0.1) is 0 Å². The van der Waals surface area contributed by atoms with Gasteiger partial charge in [0.1, 0.15) is 5.54 Å². The van der Waals surface area contributed by atoms with Crippen molar-refractivity contribution in [3.63, 3.8) is 0 Å². The van der Waals surface area contributed by atoms with Gasteiger partial charge in [-0.25, -0.2) is 0 Å². The Balaban J connectivity index is 2.09. The predicted molar refractivity (Wildman–Crippen MR) is 77.3 cm³/mol. The summed E-state index contributed by atoms with van der Waals surface area (Å²) in [6.45, 7) is 5.31. The zero-order valence-electron chi connectivity index (χ0n) is 12.5. The van der Waals surface area contributed by atoms with Gasteiger partial charge in [-0.2, -0.15) is 0 Å². The minimum absolute atomic E-state index is 0.509. The predicted octanol–water partition coefficient (Wildman–Crippen LogP) is 3.67. The number of carboxylic acid groups (broad SMARTS) is 1. The molecule has 2 fully saturated rings. The van der Waals surface area contributed by atoms with E-state index >= 15 is 0 Å². The quantitative estimate of drug-likeness (QED) is 0.790. The zero-order chi connectivity index (χ0) is 13.9. The molecule has 2 rings (SSSR count). The Morgan fingerprint density at radius 3 is 2.63 bits per heavy atom. The third kappa shape index (κ3) is 2.81. The number of aliphatic carboxylic acids is 1. The average molecular weight is 267 g/mol. The molecule has 110 valence electrons. The molecule has 0 bridgehead atoms. The van der Waals surface area contributed by atoms with E-state index in [-0.39, 0.29) is 0 Å². The van der Waals surface area contributed by atoms with Crippen LogP contribution < -0.4 is 0 Å². The second kappa shape index (κ2) is 6.25. The SMILES string of the molecule is CCC1CCCC(N2CCCC2(CC)C(=O)O)CC1. The van der Waals surface area contributed by atoms with Crippen molar-refractivity contribution in [2.24, 2.45) is 5.92 Å². The Kier molecular flexibility index (Phi) is 4.88. The molecule has 0 aromatic heterocycles. The van der Waals surface area contributed by atoms with Crippen molar-refractivity contribution in [1.29, 1.82) is 0 Å². The lowest BCUT2D eigenvalue weighted by atomic mass is 9.90. The number of hydrogen-bond acceptors (Lipinski definition) is 2. The topological polar surface area (TPSA) is 40.5 Å². The van der Waals surface area contributed by atoms with E-state index < -0.39 is 11.5 Å². The van der Waals surface area contributed by atoms with E-state index in [1.807, 2.05) is 6.92 Å². The highest BCUT2D eigenvalue weighted by molar-refractivity contribution is 5.79. The fraction of sp³-hybridized carbons (Fsp3) is 0.938. The molecular weight excluding hydrogens is 238 g/mol. The van der Waals surface area contributed by atoms with Crippen LogP contribution in [0.4, 0.5) is 0 Å². The van der Waals surface area contributed by atoms with Crippen molar-refractivity contribution >= 4 is 5.97 Å². The molecule has 0 aromatic carbocycles. The monoisotopic (exact) mass is 267 g/mol. The molecule has 3 heteroatoms. The summed E-state index contributed by atoms with van der Waals surface area (Å²) in [5.41, 5.74) is -0.559. The summed E-state index contributed by atoms with van der Waals surface area (Å²) in [5.74, 6) is 0.275. The molecule has 3 unspecified atom stereocenters. The van der Waals surface area contributed by atoms with Crippen molar-refractivity contribution in [3.8, 4) is 0 Å². The molecule has 1 aliphatic carbocycles. The number of likely N-dealkylation sites (tertiary alicyclic amines) is 1. The van der Waals surface area contributed by atoms with Gasteiger partial charge in [0.25, 0.3) is 0 Å². The van der Waals surface area contributed by atoms with Crippen LogP contribution in [0.1, 0.15) is 71.6 Å². The summed E-state index contributed by atoms with van der Waals surface area (Å²) in [7, 11) is 0. The van der Waals surface area contributed by atoms with Crippen molar-refractivity contribution in [2.75, 3.05) is 6.54 Å². The van der Waals surface area contributed by atoms with E-state index in [4.69, 9.17) is 0 Å². The normalized spacial score (nSPS) is 37.2. The van der Waals surface area contributed by atoms with Crippen LogP contribution >= 0.6 is 0 Å². The maximum atomic E-state index is 11.8. The van der Waals surface area contributed by atoms with Crippen molar-refractivity contribution in [1.82, 2.24) is 4.90 Å². The highest BCUT2D eigenvalue weighted by Crippen LogP contribution is 2.39. The molecule has 0 radical (unpaired) electrons. The van der Waals surface area contributed by atoms with E-state index in [0.717, 1.165) is 31.7 Å². The van der Waals surface area contributed by atoms with Crippen LogP contribution in [-0.4, -0.2) is 34.1 Å². The summed E-state index contributed by atoms with van der Waals surface area (Å²) in [6, 6.07) is 0.509. The van der Waals surface area contributed by atoms with Crippen molar-refractivity contribution < 1.29 is 9.90 Å². The number of carbonyl (C=O) groups is 1. The van der Waals surface area contributed by atoms with Crippen LogP contribution in [0, 0.1) is 5.92 Å². The second-order valence-electron chi connectivity index (χ2n) is 6.42. The first kappa shape index (κ1) is 14.8. The number of nitrogens with zero attached hydrogens (tertiary/aromatic N) is 1. The lowest BCUT2D eigenvalue weighted by Gasteiger charge is -2.39. The van der Waals surface area contributed by atoms with Gasteiger partial charge in [0.15, 0.2) is 0 Å². The summed E-state index contributed by atoms with van der Waals surface area (Å²) >= 11 is 0. The second-order valence-corrected chi connectivity index (χ2v) is 6.42. The van der Waals surface area contributed by atoms with Crippen LogP contribution in [0.15, 0.2) is 0 Å².